The third-order valence-electron chi connectivity index (χ3n) is 3.68. The second-order valence-electron chi connectivity index (χ2n) is 4.97. The fraction of sp³-hybridized carbons (Fsp3) is 0.400. The second-order valence-corrected chi connectivity index (χ2v) is 4.97. The molecule has 0 saturated heterocycles. The van der Waals surface area contributed by atoms with Crippen molar-refractivity contribution in [2.24, 2.45) is 5.92 Å². The maximum absolute atomic E-state index is 11.3. The molecule has 20 heavy (non-hydrogen) atoms. The molecule has 3 rings (SSSR count). The van der Waals surface area contributed by atoms with Gasteiger partial charge in [-0.2, -0.15) is 0 Å². The van der Waals surface area contributed by atoms with E-state index in [-0.39, 0.29) is 11.7 Å². The molecule has 1 fully saturated rings. The van der Waals surface area contributed by atoms with Crippen LogP contribution in [0.1, 0.15) is 28.8 Å². The van der Waals surface area contributed by atoms with Gasteiger partial charge in [0.15, 0.2) is 11.5 Å². The molecular weight excluding hydrogens is 260 g/mol. The average Bonchev–Trinajstić information content (AvgIpc) is 3.29. The van der Waals surface area contributed by atoms with Crippen LogP contribution in [0.25, 0.3) is 6.08 Å². The maximum atomic E-state index is 11.3. The first-order valence-electron chi connectivity index (χ1n) is 6.51. The first-order valence-corrected chi connectivity index (χ1v) is 6.51. The van der Waals surface area contributed by atoms with Gasteiger partial charge >= 0.3 is 0 Å². The number of carboxylic acids is 1. The van der Waals surface area contributed by atoms with Gasteiger partial charge in [0.2, 0.25) is 5.75 Å². The summed E-state index contributed by atoms with van der Waals surface area (Å²) in [6, 6.07) is 1.40. The molecule has 0 radical (unpaired) electrons. The zero-order chi connectivity index (χ0) is 14.3. The van der Waals surface area contributed by atoms with Gasteiger partial charge in [0.1, 0.15) is 6.10 Å². The molecule has 0 N–H and O–H groups in total. The number of carbonyl (C=O) groups excluding carboxylic acids is 1. The normalized spacial score (nSPS) is 20.0. The molecule has 1 saturated carbocycles. The number of hydrogen-bond donors (Lipinski definition) is 0. The molecule has 0 aromatic heterocycles. The SMILES string of the molecule is COc1cc(C(=O)[O-])c2c(c1OC)OC(C1CC1)C=C2. The van der Waals surface area contributed by atoms with E-state index in [1.165, 1.54) is 20.3 Å². The van der Waals surface area contributed by atoms with E-state index in [0.717, 1.165) is 12.8 Å². The van der Waals surface area contributed by atoms with E-state index in [1.54, 1.807) is 6.08 Å². The lowest BCUT2D eigenvalue weighted by atomic mass is 10.0. The van der Waals surface area contributed by atoms with Crippen molar-refractivity contribution in [2.45, 2.75) is 18.9 Å². The molecule has 1 aliphatic heterocycles. The standard InChI is InChI=1S/C15H16O5/c1-18-12-7-10(15(16)17)9-5-6-11(8-3-4-8)20-13(9)14(12)19-2/h5-8,11H,3-4H2,1-2H3,(H,16,17)/p-1. The van der Waals surface area contributed by atoms with Crippen LogP contribution in [0.15, 0.2) is 12.1 Å². The van der Waals surface area contributed by atoms with Crippen LogP contribution in [-0.4, -0.2) is 26.3 Å². The van der Waals surface area contributed by atoms with Crippen LogP contribution in [-0.2, 0) is 0 Å². The average molecular weight is 275 g/mol. The fourth-order valence-corrected chi connectivity index (χ4v) is 2.47. The maximum Gasteiger partial charge on any atom is 0.203 e. The summed E-state index contributed by atoms with van der Waals surface area (Å²) in [7, 11) is 2.96. The number of ether oxygens (including phenoxy) is 3. The number of fused-ring (bicyclic) bond motifs is 1. The van der Waals surface area contributed by atoms with Crippen molar-refractivity contribution in [3.05, 3.63) is 23.3 Å². The zero-order valence-corrected chi connectivity index (χ0v) is 11.3. The van der Waals surface area contributed by atoms with Crippen molar-refractivity contribution in [1.29, 1.82) is 0 Å². The van der Waals surface area contributed by atoms with E-state index in [2.05, 4.69) is 0 Å². The third-order valence-corrected chi connectivity index (χ3v) is 3.68. The van der Waals surface area contributed by atoms with Gasteiger partial charge < -0.3 is 24.1 Å². The van der Waals surface area contributed by atoms with Gasteiger partial charge in [0.25, 0.3) is 0 Å². The van der Waals surface area contributed by atoms with Crippen molar-refractivity contribution in [2.75, 3.05) is 14.2 Å². The number of rotatable bonds is 4. The molecule has 2 aliphatic rings. The summed E-state index contributed by atoms with van der Waals surface area (Å²) in [5.41, 5.74) is 0.516. The van der Waals surface area contributed by atoms with Crippen molar-refractivity contribution in [3.8, 4) is 17.2 Å². The molecule has 0 bridgehead atoms. The van der Waals surface area contributed by atoms with Crippen LogP contribution in [0.2, 0.25) is 0 Å². The zero-order valence-electron chi connectivity index (χ0n) is 11.3. The Morgan fingerprint density at radius 1 is 1.35 bits per heavy atom. The van der Waals surface area contributed by atoms with E-state index >= 15 is 0 Å². The molecule has 0 spiro atoms. The Kier molecular flexibility index (Phi) is 3.04. The quantitative estimate of drug-likeness (QED) is 0.827. The van der Waals surface area contributed by atoms with Gasteiger partial charge in [0.05, 0.1) is 20.2 Å². The van der Waals surface area contributed by atoms with Gasteiger partial charge in [-0.05, 0) is 30.9 Å². The van der Waals surface area contributed by atoms with Gasteiger partial charge in [-0.15, -0.1) is 0 Å². The summed E-state index contributed by atoms with van der Waals surface area (Å²) >= 11 is 0. The van der Waals surface area contributed by atoms with Gasteiger partial charge in [-0.1, -0.05) is 6.08 Å². The monoisotopic (exact) mass is 275 g/mol. The van der Waals surface area contributed by atoms with Crippen LogP contribution in [0, 0.1) is 5.92 Å². The largest absolute Gasteiger partial charge is 0.545 e. The minimum atomic E-state index is -1.26. The van der Waals surface area contributed by atoms with Crippen molar-refractivity contribution < 1.29 is 24.1 Å². The van der Waals surface area contributed by atoms with Crippen LogP contribution in [0.3, 0.4) is 0 Å². The highest BCUT2D eigenvalue weighted by Gasteiger charge is 2.35. The van der Waals surface area contributed by atoms with Crippen LogP contribution < -0.4 is 19.3 Å². The van der Waals surface area contributed by atoms with Gasteiger partial charge in [0, 0.05) is 11.1 Å². The van der Waals surface area contributed by atoms with Crippen molar-refractivity contribution in [3.63, 3.8) is 0 Å². The van der Waals surface area contributed by atoms with Crippen LogP contribution in [0.5, 0.6) is 17.2 Å². The van der Waals surface area contributed by atoms with Crippen molar-refractivity contribution in [1.82, 2.24) is 0 Å². The highest BCUT2D eigenvalue weighted by molar-refractivity contribution is 5.94. The molecule has 5 heteroatoms. The van der Waals surface area contributed by atoms with Crippen LogP contribution in [0.4, 0.5) is 0 Å². The summed E-state index contributed by atoms with van der Waals surface area (Å²) in [5.74, 6) is 0.408. The van der Waals surface area contributed by atoms with Crippen molar-refractivity contribution >= 4 is 12.0 Å². The number of hydrogen-bond acceptors (Lipinski definition) is 5. The molecule has 5 nitrogen and oxygen atoms in total. The summed E-state index contributed by atoms with van der Waals surface area (Å²) in [6.45, 7) is 0. The van der Waals surface area contributed by atoms with E-state index in [0.29, 0.717) is 28.7 Å². The Bertz CT molecular complexity index is 586. The van der Waals surface area contributed by atoms with Gasteiger partial charge in [-0.25, -0.2) is 0 Å². The Morgan fingerprint density at radius 2 is 2.10 bits per heavy atom. The highest BCUT2D eigenvalue weighted by atomic mass is 16.5. The smallest absolute Gasteiger partial charge is 0.203 e. The molecule has 106 valence electrons. The molecular formula is C15H15O5-. The Balaban J connectivity index is 2.14. The first-order chi connectivity index (χ1) is 9.65. The number of aromatic carboxylic acids is 1. The molecule has 1 aromatic rings. The van der Waals surface area contributed by atoms with E-state index in [1.807, 2.05) is 6.08 Å². The number of carboxylic acid groups (broad SMARTS) is 1. The Labute approximate surface area is 116 Å². The molecule has 1 unspecified atom stereocenters. The summed E-state index contributed by atoms with van der Waals surface area (Å²) in [5, 5.41) is 11.3. The summed E-state index contributed by atoms with van der Waals surface area (Å²) < 4.78 is 16.4. The minimum absolute atomic E-state index is 0.0295. The minimum Gasteiger partial charge on any atom is -0.545 e. The van der Waals surface area contributed by atoms with E-state index in [9.17, 15) is 9.90 Å². The Hall–Kier alpha value is -2.17. The van der Waals surface area contributed by atoms with E-state index < -0.39 is 5.97 Å². The molecule has 1 aromatic carbocycles. The summed E-state index contributed by atoms with van der Waals surface area (Å²) in [4.78, 5) is 11.3. The molecule has 1 heterocycles. The molecule has 1 atom stereocenters. The predicted molar refractivity (Wildman–Crippen MR) is 70.1 cm³/mol. The number of carbonyl (C=O) groups is 1. The van der Waals surface area contributed by atoms with Crippen LogP contribution >= 0.6 is 0 Å². The number of methoxy groups -OCH3 is 2. The molecule has 0 amide bonds. The first kappa shape index (κ1) is 12.8. The lowest BCUT2D eigenvalue weighted by molar-refractivity contribution is -0.255. The lowest BCUT2D eigenvalue weighted by Crippen LogP contribution is -2.26. The third kappa shape index (κ3) is 1.99. The van der Waals surface area contributed by atoms with E-state index in [4.69, 9.17) is 14.2 Å². The number of benzene rings is 1. The predicted octanol–water partition coefficient (Wildman–Crippen LogP) is 1.25. The summed E-state index contributed by atoms with van der Waals surface area (Å²) in [6.07, 6.45) is 5.90. The van der Waals surface area contributed by atoms with Gasteiger partial charge in [-0.3, -0.25) is 0 Å². The topological polar surface area (TPSA) is 67.8 Å². The molecule has 1 aliphatic carbocycles. The lowest BCUT2D eigenvalue weighted by Gasteiger charge is -2.26. The Morgan fingerprint density at radius 3 is 2.65 bits per heavy atom. The highest BCUT2D eigenvalue weighted by Crippen LogP contribution is 2.47. The second kappa shape index (κ2) is 4.74. The fourth-order valence-electron chi connectivity index (χ4n) is 2.47.